The zero-order valence-electron chi connectivity index (χ0n) is 12.4. The van der Waals surface area contributed by atoms with E-state index in [0.29, 0.717) is 13.2 Å². The first-order valence-electron chi connectivity index (χ1n) is 7.37. The van der Waals surface area contributed by atoms with Crippen LogP contribution in [0.1, 0.15) is 44.6 Å². The van der Waals surface area contributed by atoms with Crippen molar-refractivity contribution in [3.05, 3.63) is 22.2 Å². The summed E-state index contributed by atoms with van der Waals surface area (Å²) in [6, 6.07) is 4.12. The lowest BCUT2D eigenvalue weighted by Crippen LogP contribution is -2.37. The highest BCUT2D eigenvalue weighted by molar-refractivity contribution is 9.10. The number of hydrogen-bond donors (Lipinski definition) is 1. The fraction of sp³-hybridized carbons (Fsp3) is 0.625. The van der Waals surface area contributed by atoms with Gasteiger partial charge in [0.1, 0.15) is 11.5 Å². The molecule has 0 aliphatic heterocycles. The van der Waals surface area contributed by atoms with Crippen molar-refractivity contribution in [2.75, 3.05) is 20.3 Å². The minimum absolute atomic E-state index is 0.0531. The Morgan fingerprint density at radius 2 is 1.90 bits per heavy atom. The van der Waals surface area contributed by atoms with Crippen molar-refractivity contribution >= 4 is 15.9 Å². The molecule has 20 heavy (non-hydrogen) atoms. The lowest BCUT2D eigenvalue weighted by atomic mass is 9.69. The van der Waals surface area contributed by atoms with Crippen LogP contribution in [0.3, 0.4) is 0 Å². The van der Waals surface area contributed by atoms with Crippen molar-refractivity contribution < 1.29 is 9.47 Å². The average Bonchev–Trinajstić information content (AvgIpc) is 2.49. The van der Waals surface area contributed by atoms with E-state index in [0.717, 1.165) is 28.8 Å². The van der Waals surface area contributed by atoms with Gasteiger partial charge in [0.2, 0.25) is 0 Å². The summed E-state index contributed by atoms with van der Waals surface area (Å²) in [4.78, 5) is 0. The summed E-state index contributed by atoms with van der Waals surface area (Å²) in [5, 5.41) is 0. The molecule has 1 aromatic carbocycles. The fourth-order valence-electron chi connectivity index (χ4n) is 3.19. The van der Waals surface area contributed by atoms with E-state index >= 15 is 0 Å². The lowest BCUT2D eigenvalue weighted by Gasteiger charge is -2.38. The van der Waals surface area contributed by atoms with E-state index in [1.165, 1.54) is 24.8 Å². The van der Waals surface area contributed by atoms with Crippen LogP contribution in [0.15, 0.2) is 16.6 Å². The van der Waals surface area contributed by atoms with E-state index in [1.54, 1.807) is 7.11 Å². The topological polar surface area (TPSA) is 44.5 Å². The highest BCUT2D eigenvalue weighted by atomic mass is 79.9. The van der Waals surface area contributed by atoms with Crippen molar-refractivity contribution in [1.29, 1.82) is 0 Å². The molecule has 0 unspecified atom stereocenters. The molecule has 4 heteroatoms. The molecule has 3 nitrogen and oxygen atoms in total. The maximum atomic E-state index is 6.15. The minimum atomic E-state index is 0.0531. The zero-order valence-corrected chi connectivity index (χ0v) is 14.0. The Hall–Kier alpha value is -0.740. The van der Waals surface area contributed by atoms with Crippen LogP contribution in [0.5, 0.6) is 11.5 Å². The van der Waals surface area contributed by atoms with Gasteiger partial charge in [-0.15, -0.1) is 0 Å². The van der Waals surface area contributed by atoms with Gasteiger partial charge < -0.3 is 15.2 Å². The molecule has 2 rings (SSSR count). The maximum Gasteiger partial charge on any atom is 0.136 e. The monoisotopic (exact) mass is 341 g/mol. The van der Waals surface area contributed by atoms with Crippen molar-refractivity contribution in [2.45, 2.75) is 44.4 Å². The number of benzene rings is 1. The molecule has 1 fully saturated rings. The molecular weight excluding hydrogens is 318 g/mol. The number of ether oxygens (including phenoxy) is 2. The van der Waals surface area contributed by atoms with Crippen molar-refractivity contribution in [2.24, 2.45) is 5.73 Å². The molecule has 2 N–H and O–H groups in total. The number of halogens is 1. The van der Waals surface area contributed by atoms with Gasteiger partial charge in [-0.25, -0.2) is 0 Å². The largest absolute Gasteiger partial charge is 0.495 e. The van der Waals surface area contributed by atoms with Gasteiger partial charge in [0.05, 0.1) is 18.2 Å². The van der Waals surface area contributed by atoms with Gasteiger partial charge in [0, 0.05) is 23.6 Å². The predicted molar refractivity (Wildman–Crippen MR) is 85.7 cm³/mol. The second-order valence-corrected chi connectivity index (χ2v) is 6.32. The van der Waals surface area contributed by atoms with Crippen molar-refractivity contribution in [3.8, 4) is 11.5 Å². The Morgan fingerprint density at radius 1 is 1.20 bits per heavy atom. The van der Waals surface area contributed by atoms with Gasteiger partial charge in [0.25, 0.3) is 0 Å². The molecule has 0 heterocycles. The van der Waals surface area contributed by atoms with Crippen LogP contribution in [-0.2, 0) is 5.41 Å². The quantitative estimate of drug-likeness (QED) is 0.879. The minimum Gasteiger partial charge on any atom is -0.495 e. The Balaban J connectivity index is 2.49. The third-order valence-electron chi connectivity index (χ3n) is 4.33. The third-order valence-corrected chi connectivity index (χ3v) is 4.95. The first-order valence-corrected chi connectivity index (χ1v) is 8.17. The Labute approximate surface area is 130 Å². The van der Waals surface area contributed by atoms with E-state index in [9.17, 15) is 0 Å². The van der Waals surface area contributed by atoms with Gasteiger partial charge in [-0.3, -0.25) is 0 Å². The molecule has 112 valence electrons. The predicted octanol–water partition coefficient (Wildman–Crippen LogP) is 4.02. The van der Waals surface area contributed by atoms with Crippen LogP contribution in [-0.4, -0.2) is 20.3 Å². The molecule has 0 saturated heterocycles. The summed E-state index contributed by atoms with van der Waals surface area (Å²) in [5.74, 6) is 1.72. The average molecular weight is 342 g/mol. The normalized spacial score (nSPS) is 17.8. The molecule has 0 atom stereocenters. The van der Waals surface area contributed by atoms with Crippen molar-refractivity contribution in [1.82, 2.24) is 0 Å². The molecule has 1 saturated carbocycles. The van der Waals surface area contributed by atoms with Crippen LogP contribution >= 0.6 is 15.9 Å². The molecule has 0 amide bonds. The highest BCUT2D eigenvalue weighted by Gasteiger charge is 2.35. The second-order valence-electron chi connectivity index (χ2n) is 5.46. The van der Waals surface area contributed by atoms with Gasteiger partial charge in [-0.2, -0.15) is 0 Å². The van der Waals surface area contributed by atoms with Crippen LogP contribution in [0, 0.1) is 0 Å². The number of methoxy groups -OCH3 is 1. The second kappa shape index (κ2) is 6.81. The van der Waals surface area contributed by atoms with Gasteiger partial charge in [0.15, 0.2) is 0 Å². The van der Waals surface area contributed by atoms with E-state index in [4.69, 9.17) is 15.2 Å². The van der Waals surface area contributed by atoms with E-state index in [2.05, 4.69) is 22.0 Å². The third kappa shape index (κ3) is 2.96. The smallest absolute Gasteiger partial charge is 0.136 e. The summed E-state index contributed by atoms with van der Waals surface area (Å²) < 4.78 is 12.2. The summed E-state index contributed by atoms with van der Waals surface area (Å²) >= 11 is 3.59. The standard InChI is InChI=1S/C16H24BrNO2/c1-3-20-14-10-15(19-2)13(17)9-12(14)16(11-18)7-5-4-6-8-16/h9-10H,3-8,11,18H2,1-2H3. The van der Waals surface area contributed by atoms with Gasteiger partial charge >= 0.3 is 0 Å². The highest BCUT2D eigenvalue weighted by Crippen LogP contribution is 2.45. The molecule has 1 aliphatic rings. The van der Waals surface area contributed by atoms with E-state index < -0.39 is 0 Å². The molecule has 1 aliphatic carbocycles. The summed E-state index contributed by atoms with van der Waals surface area (Å²) in [6.45, 7) is 3.33. The number of hydrogen-bond acceptors (Lipinski definition) is 3. The molecule has 0 spiro atoms. The van der Waals surface area contributed by atoms with Gasteiger partial charge in [-0.05, 0) is 41.8 Å². The van der Waals surface area contributed by atoms with Gasteiger partial charge in [-0.1, -0.05) is 19.3 Å². The Morgan fingerprint density at radius 3 is 2.45 bits per heavy atom. The van der Waals surface area contributed by atoms with Crippen LogP contribution < -0.4 is 15.2 Å². The Bertz CT molecular complexity index is 456. The van der Waals surface area contributed by atoms with Crippen LogP contribution in [0.25, 0.3) is 0 Å². The maximum absolute atomic E-state index is 6.15. The molecular formula is C16H24BrNO2. The zero-order chi connectivity index (χ0) is 14.6. The summed E-state index contributed by atoms with van der Waals surface area (Å²) in [7, 11) is 1.68. The summed E-state index contributed by atoms with van der Waals surface area (Å²) in [6.07, 6.45) is 6.08. The molecule has 0 bridgehead atoms. The molecule has 0 radical (unpaired) electrons. The summed E-state index contributed by atoms with van der Waals surface area (Å²) in [5.41, 5.74) is 7.44. The first-order chi connectivity index (χ1) is 9.66. The number of rotatable bonds is 5. The SMILES string of the molecule is CCOc1cc(OC)c(Br)cc1C1(CN)CCCCC1. The van der Waals surface area contributed by atoms with E-state index in [-0.39, 0.29) is 5.41 Å². The van der Waals surface area contributed by atoms with E-state index in [1.807, 2.05) is 13.0 Å². The lowest BCUT2D eigenvalue weighted by molar-refractivity contribution is 0.275. The van der Waals surface area contributed by atoms with Crippen molar-refractivity contribution in [3.63, 3.8) is 0 Å². The van der Waals surface area contributed by atoms with Crippen LogP contribution in [0.2, 0.25) is 0 Å². The number of nitrogens with two attached hydrogens (primary N) is 1. The molecule has 1 aromatic rings. The molecule has 0 aromatic heterocycles. The fourth-order valence-corrected chi connectivity index (χ4v) is 3.70. The Kier molecular flexibility index (Phi) is 5.33. The first kappa shape index (κ1) is 15.6. The van der Waals surface area contributed by atoms with Crippen LogP contribution in [0.4, 0.5) is 0 Å².